The Balaban J connectivity index is 1.64. The van der Waals surface area contributed by atoms with E-state index in [1.165, 1.54) is 44.4 Å². The quantitative estimate of drug-likeness (QED) is 0.616. The zero-order valence-corrected chi connectivity index (χ0v) is 14.1. The number of halogens is 1. The second-order valence-electron chi connectivity index (χ2n) is 5.84. The van der Waals surface area contributed by atoms with Crippen LogP contribution in [0.3, 0.4) is 0 Å². The van der Waals surface area contributed by atoms with Gasteiger partial charge < -0.3 is 15.5 Å². The number of benzene rings is 1. The maximum atomic E-state index is 13.1. The van der Waals surface area contributed by atoms with Gasteiger partial charge in [-0.1, -0.05) is 19.4 Å². The van der Waals surface area contributed by atoms with Gasteiger partial charge in [0, 0.05) is 24.8 Å². The first-order chi connectivity index (χ1) is 10.7. The molecule has 1 aromatic rings. The number of likely N-dealkylation sites (tertiary alicyclic amines) is 1. The molecule has 1 aliphatic rings. The molecule has 0 amide bonds. The maximum absolute atomic E-state index is 13.1. The highest BCUT2D eigenvalue weighted by molar-refractivity contribution is 7.80. The van der Waals surface area contributed by atoms with Crippen LogP contribution >= 0.6 is 12.2 Å². The molecule has 1 aliphatic heterocycles. The first-order valence-electron chi connectivity index (χ1n) is 8.23. The summed E-state index contributed by atoms with van der Waals surface area (Å²) < 4.78 is 13.1. The van der Waals surface area contributed by atoms with Crippen LogP contribution in [-0.4, -0.2) is 35.7 Å². The highest BCUT2D eigenvalue weighted by Crippen LogP contribution is 2.19. The van der Waals surface area contributed by atoms with Gasteiger partial charge in [-0.25, -0.2) is 4.39 Å². The Labute approximate surface area is 138 Å². The van der Waals surface area contributed by atoms with E-state index in [4.69, 9.17) is 12.2 Å². The van der Waals surface area contributed by atoms with Crippen molar-refractivity contribution in [1.29, 1.82) is 0 Å². The minimum absolute atomic E-state index is 0.261. The lowest BCUT2D eigenvalue weighted by molar-refractivity contribution is 0.143. The molecule has 1 heterocycles. The lowest BCUT2D eigenvalue weighted by atomic mass is 10.00. The zero-order chi connectivity index (χ0) is 15.8. The fourth-order valence-corrected chi connectivity index (χ4v) is 3.26. The molecule has 0 aromatic heterocycles. The summed E-state index contributed by atoms with van der Waals surface area (Å²) in [5.74, 6) is -0.261. The van der Waals surface area contributed by atoms with E-state index in [-0.39, 0.29) is 5.82 Å². The Morgan fingerprint density at radius 1 is 1.41 bits per heavy atom. The van der Waals surface area contributed by atoms with Crippen molar-refractivity contribution in [1.82, 2.24) is 10.2 Å². The van der Waals surface area contributed by atoms with E-state index in [0.717, 1.165) is 25.6 Å². The van der Waals surface area contributed by atoms with E-state index in [2.05, 4.69) is 22.5 Å². The standard InChI is InChI=1S/C17H26FN3S/c1-2-16-9-3-4-11-21(16)12-6-10-19-17(22)20-15-8-5-7-14(18)13-15/h5,7-8,13,16H,2-4,6,9-12H2,1H3,(H2,19,20,22). The van der Waals surface area contributed by atoms with Gasteiger partial charge in [-0.2, -0.15) is 0 Å². The minimum Gasteiger partial charge on any atom is -0.362 e. The molecular weight excluding hydrogens is 297 g/mol. The largest absolute Gasteiger partial charge is 0.362 e. The fourth-order valence-electron chi connectivity index (χ4n) is 3.04. The van der Waals surface area contributed by atoms with E-state index >= 15 is 0 Å². The Morgan fingerprint density at radius 2 is 2.27 bits per heavy atom. The average Bonchev–Trinajstić information content (AvgIpc) is 2.52. The monoisotopic (exact) mass is 323 g/mol. The number of hydrogen-bond acceptors (Lipinski definition) is 2. The normalized spacial score (nSPS) is 18.9. The number of anilines is 1. The van der Waals surface area contributed by atoms with E-state index in [0.29, 0.717) is 10.8 Å². The van der Waals surface area contributed by atoms with Crippen molar-refractivity contribution in [2.24, 2.45) is 0 Å². The second kappa shape index (κ2) is 9.06. The number of nitrogens with zero attached hydrogens (tertiary/aromatic N) is 1. The van der Waals surface area contributed by atoms with E-state index < -0.39 is 0 Å². The predicted molar refractivity (Wildman–Crippen MR) is 94.7 cm³/mol. The topological polar surface area (TPSA) is 27.3 Å². The molecule has 1 atom stereocenters. The lowest BCUT2D eigenvalue weighted by Crippen LogP contribution is -2.40. The lowest BCUT2D eigenvalue weighted by Gasteiger charge is -2.35. The molecule has 1 fully saturated rings. The van der Waals surface area contributed by atoms with Crippen LogP contribution < -0.4 is 10.6 Å². The molecule has 1 aromatic carbocycles. The summed E-state index contributed by atoms with van der Waals surface area (Å²) in [4.78, 5) is 2.61. The first-order valence-corrected chi connectivity index (χ1v) is 8.64. The van der Waals surface area contributed by atoms with Crippen molar-refractivity contribution in [2.45, 2.75) is 45.1 Å². The molecule has 22 heavy (non-hydrogen) atoms. The van der Waals surface area contributed by atoms with Gasteiger partial charge in [0.15, 0.2) is 5.11 Å². The van der Waals surface area contributed by atoms with E-state index in [1.807, 2.05) is 0 Å². The Kier molecular flexibility index (Phi) is 7.06. The summed E-state index contributed by atoms with van der Waals surface area (Å²) in [6, 6.07) is 7.09. The zero-order valence-electron chi connectivity index (χ0n) is 13.3. The van der Waals surface area contributed by atoms with E-state index in [9.17, 15) is 4.39 Å². The van der Waals surface area contributed by atoms with Crippen LogP contribution in [0.1, 0.15) is 39.0 Å². The molecule has 2 N–H and O–H groups in total. The minimum atomic E-state index is -0.261. The van der Waals surface area contributed by atoms with Gasteiger partial charge in [0.2, 0.25) is 0 Å². The van der Waals surface area contributed by atoms with Crippen LogP contribution in [-0.2, 0) is 0 Å². The number of nitrogens with one attached hydrogen (secondary N) is 2. The van der Waals surface area contributed by atoms with Gasteiger partial charge in [-0.05, 0) is 62.6 Å². The Bertz CT molecular complexity index is 481. The molecule has 0 spiro atoms. The molecule has 3 nitrogen and oxygen atoms in total. The molecule has 0 radical (unpaired) electrons. The van der Waals surface area contributed by atoms with Crippen molar-refractivity contribution < 1.29 is 4.39 Å². The van der Waals surface area contributed by atoms with Gasteiger partial charge in [0.1, 0.15) is 5.82 Å². The van der Waals surface area contributed by atoms with Crippen molar-refractivity contribution in [3.63, 3.8) is 0 Å². The first kappa shape index (κ1) is 17.2. The predicted octanol–water partition coefficient (Wildman–Crippen LogP) is 3.77. The highest BCUT2D eigenvalue weighted by atomic mass is 32.1. The molecule has 1 saturated heterocycles. The molecule has 5 heteroatoms. The Hall–Kier alpha value is -1.20. The third-order valence-corrected chi connectivity index (χ3v) is 4.46. The summed E-state index contributed by atoms with van der Waals surface area (Å²) in [7, 11) is 0. The fraction of sp³-hybridized carbons (Fsp3) is 0.588. The highest BCUT2D eigenvalue weighted by Gasteiger charge is 2.19. The number of hydrogen-bond donors (Lipinski definition) is 2. The molecule has 122 valence electrons. The van der Waals surface area contributed by atoms with Crippen LogP contribution in [0.2, 0.25) is 0 Å². The van der Waals surface area contributed by atoms with Crippen LogP contribution in [0.15, 0.2) is 24.3 Å². The van der Waals surface area contributed by atoms with Crippen LogP contribution in [0.4, 0.5) is 10.1 Å². The van der Waals surface area contributed by atoms with Gasteiger partial charge in [-0.3, -0.25) is 0 Å². The summed E-state index contributed by atoms with van der Waals surface area (Å²) in [5, 5.41) is 6.75. The second-order valence-corrected chi connectivity index (χ2v) is 6.25. The van der Waals surface area contributed by atoms with Crippen molar-refractivity contribution in [3.8, 4) is 0 Å². The number of thiocarbonyl (C=S) groups is 1. The molecule has 0 aliphatic carbocycles. The smallest absolute Gasteiger partial charge is 0.170 e. The van der Waals surface area contributed by atoms with Crippen LogP contribution in [0, 0.1) is 5.82 Å². The van der Waals surface area contributed by atoms with E-state index in [1.54, 1.807) is 12.1 Å². The molecule has 0 bridgehead atoms. The maximum Gasteiger partial charge on any atom is 0.170 e. The molecule has 2 rings (SSSR count). The molecular formula is C17H26FN3S. The van der Waals surface area contributed by atoms with Crippen LogP contribution in [0.5, 0.6) is 0 Å². The van der Waals surface area contributed by atoms with Crippen molar-refractivity contribution >= 4 is 23.0 Å². The van der Waals surface area contributed by atoms with Crippen molar-refractivity contribution in [3.05, 3.63) is 30.1 Å². The number of piperidine rings is 1. The molecule has 0 saturated carbocycles. The third-order valence-electron chi connectivity index (χ3n) is 4.21. The SMILES string of the molecule is CCC1CCCCN1CCCNC(=S)Nc1cccc(F)c1. The van der Waals surface area contributed by atoms with Gasteiger partial charge in [0.25, 0.3) is 0 Å². The van der Waals surface area contributed by atoms with Crippen molar-refractivity contribution in [2.75, 3.05) is 25.0 Å². The number of rotatable bonds is 6. The summed E-state index contributed by atoms with van der Waals surface area (Å²) in [6.07, 6.45) is 6.34. The van der Waals surface area contributed by atoms with Crippen LogP contribution in [0.25, 0.3) is 0 Å². The average molecular weight is 323 g/mol. The molecule has 1 unspecified atom stereocenters. The summed E-state index contributed by atoms with van der Waals surface area (Å²) >= 11 is 5.24. The van der Waals surface area contributed by atoms with Gasteiger partial charge >= 0.3 is 0 Å². The van der Waals surface area contributed by atoms with Gasteiger partial charge in [-0.15, -0.1) is 0 Å². The Morgan fingerprint density at radius 3 is 3.05 bits per heavy atom. The summed E-state index contributed by atoms with van der Waals surface area (Å²) in [6.45, 7) is 5.46. The third kappa shape index (κ3) is 5.54. The summed E-state index contributed by atoms with van der Waals surface area (Å²) in [5.41, 5.74) is 0.680. The van der Waals surface area contributed by atoms with Gasteiger partial charge in [0.05, 0.1) is 0 Å².